The largest absolute Gasteiger partial charge is 0.497 e. The summed E-state index contributed by atoms with van der Waals surface area (Å²) in [5.74, 6) is 3.12. The lowest BCUT2D eigenvalue weighted by Crippen LogP contribution is -2.70. The van der Waals surface area contributed by atoms with Crippen molar-refractivity contribution in [3.63, 3.8) is 0 Å². The van der Waals surface area contributed by atoms with Gasteiger partial charge in [-0.05, 0) is 106 Å². The molecule has 0 saturated heterocycles. The summed E-state index contributed by atoms with van der Waals surface area (Å²) in [5, 5.41) is 5.24. The molecular formula is C36H46O3Si. The zero-order valence-electron chi connectivity index (χ0n) is 26.8. The molecule has 0 aromatic heterocycles. The van der Waals surface area contributed by atoms with Gasteiger partial charge in [0.25, 0.3) is 0 Å². The van der Waals surface area contributed by atoms with Crippen LogP contribution in [-0.4, -0.2) is 29.4 Å². The summed E-state index contributed by atoms with van der Waals surface area (Å²) in [5.41, 5.74) is 11.3. The molecule has 3 aromatic rings. The highest BCUT2D eigenvalue weighted by Gasteiger charge is 2.53. The predicted octanol–water partition coefficient (Wildman–Crippen LogP) is 6.87. The van der Waals surface area contributed by atoms with Gasteiger partial charge in [0.2, 0.25) is 0 Å². The molecule has 212 valence electrons. The third kappa shape index (κ3) is 4.41. The van der Waals surface area contributed by atoms with Crippen molar-refractivity contribution in [3.8, 4) is 17.2 Å². The lowest BCUT2D eigenvalue weighted by Gasteiger charge is -2.41. The third-order valence-corrected chi connectivity index (χ3v) is 14.3. The minimum absolute atomic E-state index is 0.258. The van der Waals surface area contributed by atoms with Crippen molar-refractivity contribution in [2.24, 2.45) is 5.92 Å². The molecule has 3 aromatic carbocycles. The number of hydrogen-bond acceptors (Lipinski definition) is 3. The van der Waals surface area contributed by atoms with Crippen LogP contribution in [0.3, 0.4) is 0 Å². The quantitative estimate of drug-likeness (QED) is 0.236. The van der Waals surface area contributed by atoms with Crippen LogP contribution < -0.4 is 29.8 Å². The van der Waals surface area contributed by atoms with Crippen LogP contribution in [0.4, 0.5) is 0 Å². The van der Waals surface area contributed by atoms with Crippen LogP contribution >= 0.6 is 0 Å². The van der Waals surface area contributed by atoms with E-state index in [1.54, 1.807) is 0 Å². The predicted molar refractivity (Wildman–Crippen MR) is 172 cm³/mol. The van der Waals surface area contributed by atoms with Crippen LogP contribution in [0.2, 0.25) is 0 Å². The SMILES string of the molecule is COc1c(C)cc(C)cc1[Si](C1=C(C)C(C)=C(C)C1C)(c1cc(C)cc(C)c1OC)c1cc(C)cc(C)c1OC. The number of allylic oxidation sites excluding steroid dienone is 4. The molecule has 1 aliphatic carbocycles. The average Bonchev–Trinajstić information content (AvgIpc) is 3.07. The summed E-state index contributed by atoms with van der Waals surface area (Å²) in [6, 6.07) is 13.8. The van der Waals surface area contributed by atoms with E-state index in [-0.39, 0.29) is 5.92 Å². The highest BCUT2D eigenvalue weighted by Crippen LogP contribution is 2.44. The van der Waals surface area contributed by atoms with Crippen LogP contribution in [0.5, 0.6) is 17.2 Å². The van der Waals surface area contributed by atoms with Gasteiger partial charge in [0.05, 0.1) is 21.3 Å². The molecule has 3 nitrogen and oxygen atoms in total. The number of benzene rings is 3. The second-order valence-electron chi connectivity index (χ2n) is 11.8. The Hall–Kier alpha value is -3.24. The van der Waals surface area contributed by atoms with Crippen LogP contribution in [0.15, 0.2) is 58.3 Å². The molecule has 0 spiro atoms. The second-order valence-corrected chi connectivity index (χ2v) is 15.5. The van der Waals surface area contributed by atoms with Crippen molar-refractivity contribution in [1.82, 2.24) is 0 Å². The number of rotatable bonds is 7. The minimum atomic E-state index is -3.12. The van der Waals surface area contributed by atoms with Crippen LogP contribution in [0.25, 0.3) is 0 Å². The molecule has 0 N–H and O–H groups in total. The van der Waals surface area contributed by atoms with E-state index in [1.807, 2.05) is 21.3 Å². The summed E-state index contributed by atoms with van der Waals surface area (Å²) in [6.45, 7) is 22.4. The van der Waals surface area contributed by atoms with Gasteiger partial charge in [-0.1, -0.05) is 76.4 Å². The summed E-state index contributed by atoms with van der Waals surface area (Å²) >= 11 is 0. The summed E-state index contributed by atoms with van der Waals surface area (Å²) < 4.78 is 19.0. The van der Waals surface area contributed by atoms with E-state index in [2.05, 4.69) is 106 Å². The second kappa shape index (κ2) is 11.0. The van der Waals surface area contributed by atoms with E-state index >= 15 is 0 Å². The van der Waals surface area contributed by atoms with Gasteiger partial charge in [-0.25, -0.2) is 0 Å². The molecule has 0 radical (unpaired) electrons. The zero-order chi connectivity index (χ0) is 29.7. The van der Waals surface area contributed by atoms with Gasteiger partial charge >= 0.3 is 0 Å². The van der Waals surface area contributed by atoms with E-state index in [9.17, 15) is 0 Å². The van der Waals surface area contributed by atoms with Gasteiger partial charge in [-0.15, -0.1) is 0 Å². The van der Waals surface area contributed by atoms with Crippen molar-refractivity contribution in [3.05, 3.63) is 91.7 Å². The first-order valence-corrected chi connectivity index (χ1v) is 16.2. The van der Waals surface area contributed by atoms with Gasteiger partial charge < -0.3 is 14.2 Å². The van der Waals surface area contributed by atoms with Gasteiger partial charge in [0, 0.05) is 0 Å². The molecule has 0 fully saturated rings. The van der Waals surface area contributed by atoms with Gasteiger partial charge in [-0.3, -0.25) is 0 Å². The van der Waals surface area contributed by atoms with Crippen LogP contribution in [-0.2, 0) is 0 Å². The summed E-state index contributed by atoms with van der Waals surface area (Å²) in [7, 11) is 2.31. The van der Waals surface area contributed by atoms with E-state index in [0.29, 0.717) is 0 Å². The molecule has 1 aliphatic rings. The highest BCUT2D eigenvalue weighted by atomic mass is 28.3. The number of methoxy groups -OCH3 is 3. The Morgan fingerprint density at radius 1 is 0.500 bits per heavy atom. The smallest absolute Gasteiger partial charge is 0.189 e. The van der Waals surface area contributed by atoms with E-state index in [4.69, 9.17) is 14.2 Å². The molecule has 1 atom stereocenters. The molecular weight excluding hydrogens is 508 g/mol. The Kier molecular flexibility index (Phi) is 8.15. The first-order valence-electron chi connectivity index (χ1n) is 14.2. The summed E-state index contributed by atoms with van der Waals surface area (Å²) in [4.78, 5) is 0. The number of aryl methyl sites for hydroxylation is 6. The van der Waals surface area contributed by atoms with Gasteiger partial charge in [0.15, 0.2) is 8.07 Å². The maximum absolute atomic E-state index is 6.35. The van der Waals surface area contributed by atoms with Crippen molar-refractivity contribution in [2.75, 3.05) is 21.3 Å². The fraction of sp³-hybridized carbons (Fsp3) is 0.389. The van der Waals surface area contributed by atoms with Crippen molar-refractivity contribution < 1.29 is 14.2 Å². The molecule has 0 saturated carbocycles. The van der Waals surface area contributed by atoms with Crippen molar-refractivity contribution >= 4 is 23.6 Å². The molecule has 0 bridgehead atoms. The maximum Gasteiger partial charge on any atom is 0.189 e. The van der Waals surface area contributed by atoms with E-state index in [0.717, 1.165) is 33.9 Å². The zero-order valence-corrected chi connectivity index (χ0v) is 27.8. The highest BCUT2D eigenvalue weighted by molar-refractivity contribution is 7.17. The first kappa shape index (κ1) is 29.7. The fourth-order valence-corrected chi connectivity index (χ4v) is 14.0. The van der Waals surface area contributed by atoms with E-state index < -0.39 is 8.07 Å². The summed E-state index contributed by atoms with van der Waals surface area (Å²) in [6.07, 6.45) is 0. The lowest BCUT2D eigenvalue weighted by atomic mass is 10.1. The normalized spacial score (nSPS) is 15.7. The molecule has 4 heteroatoms. The Labute approximate surface area is 242 Å². The fourth-order valence-electron chi connectivity index (χ4n) is 7.35. The van der Waals surface area contributed by atoms with Crippen LogP contribution in [0.1, 0.15) is 61.1 Å². The van der Waals surface area contributed by atoms with Gasteiger partial charge in [0.1, 0.15) is 17.2 Å². The van der Waals surface area contributed by atoms with E-state index in [1.165, 1.54) is 54.2 Å². The third-order valence-electron chi connectivity index (χ3n) is 9.13. The standard InChI is InChI=1S/C36H46O3Si/c1-20-14-23(4)33(37-11)30(17-20)40(36-28(9)26(7)27(8)29(36)10,31-18-21(2)15-24(5)34(31)38-12)32-19-22(3)16-25(6)35(32)39-13/h14-19,28H,1-13H3. The Morgan fingerprint density at radius 3 is 1.07 bits per heavy atom. The maximum atomic E-state index is 6.35. The Balaban J connectivity index is 2.47. The first-order chi connectivity index (χ1) is 18.8. The number of ether oxygens (including phenoxy) is 3. The minimum Gasteiger partial charge on any atom is -0.497 e. The Morgan fingerprint density at radius 2 is 0.825 bits per heavy atom. The molecule has 0 heterocycles. The van der Waals surface area contributed by atoms with Crippen molar-refractivity contribution in [2.45, 2.75) is 69.2 Å². The Bertz CT molecular complexity index is 1410. The lowest BCUT2D eigenvalue weighted by molar-refractivity contribution is 0.412. The van der Waals surface area contributed by atoms with Gasteiger partial charge in [-0.2, -0.15) is 0 Å². The average molecular weight is 555 g/mol. The van der Waals surface area contributed by atoms with Crippen molar-refractivity contribution in [1.29, 1.82) is 0 Å². The molecule has 1 unspecified atom stereocenters. The molecule has 0 amide bonds. The van der Waals surface area contributed by atoms with Crippen LogP contribution in [0, 0.1) is 47.5 Å². The molecule has 40 heavy (non-hydrogen) atoms. The number of hydrogen-bond donors (Lipinski definition) is 0. The molecule has 4 rings (SSSR count). The molecule has 0 aliphatic heterocycles. The monoisotopic (exact) mass is 554 g/mol. The topological polar surface area (TPSA) is 27.7 Å².